The fourth-order valence-electron chi connectivity index (χ4n) is 1.69. The quantitative estimate of drug-likeness (QED) is 0.201. The average molecular weight is 440 g/mol. The van der Waals surface area contributed by atoms with Crippen molar-refractivity contribution < 1.29 is 62.3 Å². The zero-order valence-corrected chi connectivity index (χ0v) is 14.7. The van der Waals surface area contributed by atoms with Crippen molar-refractivity contribution in [2.45, 2.75) is 37.1 Å². The van der Waals surface area contributed by atoms with Crippen LogP contribution < -0.4 is 0 Å². The molecule has 1 rings (SSSR count). The number of rotatable bonds is 12. The molecule has 27 heavy (non-hydrogen) atoms. The van der Waals surface area contributed by atoms with E-state index in [1.165, 1.54) is 0 Å². The van der Waals surface area contributed by atoms with Gasteiger partial charge in [-0.25, -0.2) is 0 Å². The van der Waals surface area contributed by atoms with E-state index >= 15 is 0 Å². The molecule has 0 radical (unpaired) electrons. The summed E-state index contributed by atoms with van der Waals surface area (Å²) in [7, 11) is -4.96. The molecule has 1 fully saturated rings. The molecule has 1 unspecified atom stereocenters. The Morgan fingerprint density at radius 3 is 1.52 bits per heavy atom. The molecule has 0 aromatic heterocycles. The second-order valence-corrected chi connectivity index (χ2v) is 8.26. The summed E-state index contributed by atoms with van der Waals surface area (Å²) in [6, 6.07) is -0.721. The van der Waals surface area contributed by atoms with Crippen LogP contribution in [0.25, 0.3) is 0 Å². The number of epoxide rings is 1. The molecular formula is C12H17F9O5Si. The fraction of sp³-hybridized carbons (Fsp3) is 1.00. The summed E-state index contributed by atoms with van der Waals surface area (Å²) < 4.78 is 134. The van der Waals surface area contributed by atoms with Gasteiger partial charge in [0.2, 0.25) is 0 Å². The normalized spacial score (nSPS) is 18.8. The Morgan fingerprint density at radius 2 is 1.19 bits per heavy atom. The van der Waals surface area contributed by atoms with E-state index in [-0.39, 0.29) is 25.7 Å². The summed E-state index contributed by atoms with van der Waals surface area (Å²) in [5.41, 5.74) is 0. The van der Waals surface area contributed by atoms with Gasteiger partial charge in [0.05, 0.1) is 13.2 Å². The first kappa shape index (κ1) is 24.4. The molecule has 5 nitrogen and oxygen atoms in total. The first-order chi connectivity index (χ1) is 12.2. The van der Waals surface area contributed by atoms with Gasteiger partial charge in [0.15, 0.2) is 0 Å². The summed E-state index contributed by atoms with van der Waals surface area (Å²) in [5.74, 6) is 0. The summed E-state index contributed by atoms with van der Waals surface area (Å²) >= 11 is 0. The van der Waals surface area contributed by atoms with Crippen molar-refractivity contribution in [3.63, 3.8) is 0 Å². The lowest BCUT2D eigenvalue weighted by Crippen LogP contribution is -2.51. The van der Waals surface area contributed by atoms with Crippen molar-refractivity contribution in [2.24, 2.45) is 0 Å². The summed E-state index contributed by atoms with van der Waals surface area (Å²) in [6.45, 7) is -5.88. The molecule has 0 amide bonds. The van der Waals surface area contributed by atoms with Crippen LogP contribution in [-0.4, -0.2) is 73.1 Å². The highest BCUT2D eigenvalue weighted by Crippen LogP contribution is 2.28. The van der Waals surface area contributed by atoms with E-state index in [4.69, 9.17) is 9.47 Å². The van der Waals surface area contributed by atoms with E-state index in [9.17, 15) is 39.5 Å². The van der Waals surface area contributed by atoms with Gasteiger partial charge in [0.25, 0.3) is 0 Å². The van der Waals surface area contributed by atoms with Crippen molar-refractivity contribution in [3.8, 4) is 0 Å². The minimum Gasteiger partial charge on any atom is -0.379 e. The van der Waals surface area contributed by atoms with Gasteiger partial charge in [-0.05, 0) is 6.42 Å². The molecule has 0 aromatic rings. The highest BCUT2D eigenvalue weighted by molar-refractivity contribution is 6.60. The Hall–Kier alpha value is -0.613. The van der Waals surface area contributed by atoms with Gasteiger partial charge in [-0.2, -0.15) is 39.5 Å². The minimum atomic E-state index is -5.00. The maximum absolute atomic E-state index is 12.4. The lowest BCUT2D eigenvalue weighted by Gasteiger charge is -2.30. The van der Waals surface area contributed by atoms with Gasteiger partial charge >= 0.3 is 27.3 Å². The van der Waals surface area contributed by atoms with Crippen LogP contribution in [-0.2, 0) is 22.8 Å². The van der Waals surface area contributed by atoms with Gasteiger partial charge in [0.1, 0.15) is 25.9 Å². The Balaban J connectivity index is 2.74. The standard InChI is InChI=1S/C12H17F9O5Si/c13-10(14,15)6-24-27(25-7-11(16,17)18,26-8-12(19,20)21)3-1-2-22-4-9-5-23-9/h9H,1-8H2. The number of ether oxygens (including phenoxy) is 2. The molecule has 0 spiro atoms. The third-order valence-electron chi connectivity index (χ3n) is 2.84. The fourth-order valence-corrected chi connectivity index (χ4v) is 4.10. The molecule has 162 valence electrons. The molecule has 1 saturated heterocycles. The number of hydrogen-bond donors (Lipinski definition) is 0. The van der Waals surface area contributed by atoms with Crippen molar-refractivity contribution in [2.75, 3.05) is 39.6 Å². The molecule has 1 aliphatic rings. The van der Waals surface area contributed by atoms with E-state index < -0.39 is 53.2 Å². The van der Waals surface area contributed by atoms with Crippen molar-refractivity contribution in [1.29, 1.82) is 0 Å². The maximum Gasteiger partial charge on any atom is 0.501 e. The second-order valence-electron chi connectivity index (χ2n) is 5.53. The van der Waals surface area contributed by atoms with Gasteiger partial charge in [-0.15, -0.1) is 0 Å². The summed E-state index contributed by atoms with van der Waals surface area (Å²) in [4.78, 5) is 0. The first-order valence-electron chi connectivity index (χ1n) is 7.51. The monoisotopic (exact) mass is 440 g/mol. The van der Waals surface area contributed by atoms with Crippen molar-refractivity contribution in [3.05, 3.63) is 0 Å². The van der Waals surface area contributed by atoms with Gasteiger partial charge in [0, 0.05) is 12.7 Å². The zero-order chi connectivity index (χ0) is 20.8. The molecule has 0 aliphatic carbocycles. The molecule has 0 saturated carbocycles. The maximum atomic E-state index is 12.4. The Labute approximate surface area is 149 Å². The molecular weight excluding hydrogens is 423 g/mol. The topological polar surface area (TPSA) is 49.5 Å². The smallest absolute Gasteiger partial charge is 0.379 e. The molecule has 1 aliphatic heterocycles. The molecule has 0 bridgehead atoms. The third kappa shape index (κ3) is 13.2. The van der Waals surface area contributed by atoms with Crippen molar-refractivity contribution >= 4 is 8.80 Å². The lowest BCUT2D eigenvalue weighted by molar-refractivity contribution is -0.194. The molecule has 1 heterocycles. The van der Waals surface area contributed by atoms with E-state index in [1.54, 1.807) is 0 Å². The van der Waals surface area contributed by atoms with E-state index in [0.717, 1.165) is 0 Å². The number of halogens is 9. The molecule has 0 aromatic carbocycles. The molecule has 1 atom stereocenters. The highest BCUT2D eigenvalue weighted by atomic mass is 28.4. The largest absolute Gasteiger partial charge is 0.501 e. The van der Waals surface area contributed by atoms with Crippen LogP contribution in [0.5, 0.6) is 0 Å². The average Bonchev–Trinajstić information content (AvgIpc) is 3.29. The van der Waals surface area contributed by atoms with Crippen LogP contribution in [0.15, 0.2) is 0 Å². The lowest BCUT2D eigenvalue weighted by atomic mass is 10.5. The predicted molar refractivity (Wildman–Crippen MR) is 71.8 cm³/mol. The number of alkyl halides is 9. The van der Waals surface area contributed by atoms with Crippen LogP contribution in [0, 0.1) is 0 Å². The zero-order valence-electron chi connectivity index (χ0n) is 13.7. The van der Waals surface area contributed by atoms with E-state index in [0.29, 0.717) is 6.61 Å². The molecule has 0 N–H and O–H groups in total. The highest BCUT2D eigenvalue weighted by Gasteiger charge is 2.49. The first-order valence-corrected chi connectivity index (χ1v) is 9.44. The van der Waals surface area contributed by atoms with E-state index in [2.05, 4.69) is 13.3 Å². The van der Waals surface area contributed by atoms with Crippen LogP contribution in [0.2, 0.25) is 6.04 Å². The Bertz CT molecular complexity index is 391. The molecule has 15 heteroatoms. The van der Waals surface area contributed by atoms with Crippen LogP contribution in [0.1, 0.15) is 6.42 Å². The number of hydrogen-bond acceptors (Lipinski definition) is 5. The van der Waals surface area contributed by atoms with Crippen LogP contribution in [0.4, 0.5) is 39.5 Å². The summed E-state index contributed by atoms with van der Waals surface area (Å²) in [6.07, 6.45) is -15.4. The van der Waals surface area contributed by atoms with Crippen LogP contribution in [0.3, 0.4) is 0 Å². The van der Waals surface area contributed by atoms with Crippen LogP contribution >= 0.6 is 0 Å². The Kier molecular flexibility index (Phi) is 8.80. The van der Waals surface area contributed by atoms with E-state index in [1.807, 2.05) is 0 Å². The minimum absolute atomic E-state index is 0.142. The van der Waals surface area contributed by atoms with Gasteiger partial charge in [-0.3, -0.25) is 0 Å². The SMILES string of the molecule is FC(F)(F)CO[Si](CCCOCC1CO1)(OCC(F)(F)F)OCC(F)(F)F. The third-order valence-corrected chi connectivity index (χ3v) is 5.56. The summed E-state index contributed by atoms with van der Waals surface area (Å²) in [5, 5.41) is 0. The predicted octanol–water partition coefficient (Wildman–Crippen LogP) is 3.47. The second kappa shape index (κ2) is 9.73. The van der Waals surface area contributed by atoms with Crippen molar-refractivity contribution in [1.82, 2.24) is 0 Å². The van der Waals surface area contributed by atoms with Gasteiger partial charge in [-0.1, -0.05) is 0 Å². The Morgan fingerprint density at radius 1 is 0.778 bits per heavy atom. The van der Waals surface area contributed by atoms with Gasteiger partial charge < -0.3 is 22.8 Å².